The summed E-state index contributed by atoms with van der Waals surface area (Å²) in [5, 5.41) is 32.1. The number of carboxylic acids is 2. The van der Waals surface area contributed by atoms with Crippen molar-refractivity contribution in [3.63, 3.8) is 0 Å². The summed E-state index contributed by atoms with van der Waals surface area (Å²) in [5.41, 5.74) is 2.90. The maximum atomic E-state index is 13.1. The second kappa shape index (κ2) is 13.9. The lowest BCUT2D eigenvalue weighted by Crippen LogP contribution is -2.54. The summed E-state index contributed by atoms with van der Waals surface area (Å²) in [6, 6.07) is 26.7. The van der Waals surface area contributed by atoms with Crippen LogP contribution in [0.3, 0.4) is 0 Å². The number of amides is 1. The Morgan fingerprint density at radius 3 is 1.62 bits per heavy atom. The molecule has 0 heterocycles. The number of carbonyl (C=O) groups is 3. The number of carboxylic acid groups (broad SMARTS) is 2. The van der Waals surface area contributed by atoms with Gasteiger partial charge in [0.1, 0.15) is 12.1 Å². The molecule has 0 radical (unpaired) electrons. The lowest BCUT2D eigenvalue weighted by atomic mass is 9.97. The number of hydrogen-bond acceptors (Lipinski definition) is 5. The lowest BCUT2D eigenvalue weighted by Gasteiger charge is -2.35. The number of nitrogens with one attached hydrogen (secondary N) is 1. The molecule has 37 heavy (non-hydrogen) atoms. The zero-order valence-corrected chi connectivity index (χ0v) is 20.4. The normalized spacial score (nSPS) is 13.5. The number of carbonyl (C=O) groups excluding carboxylic acids is 1. The van der Waals surface area contributed by atoms with Crippen LogP contribution in [-0.4, -0.2) is 56.3 Å². The molecule has 3 aromatic carbocycles. The van der Waals surface area contributed by atoms with Crippen molar-refractivity contribution in [3.05, 3.63) is 108 Å². The molecule has 3 rings (SSSR count). The fraction of sp³-hybridized carbons (Fsp3) is 0.276. The van der Waals surface area contributed by atoms with E-state index in [9.17, 15) is 24.6 Å². The molecule has 3 atom stereocenters. The second-order valence-electron chi connectivity index (χ2n) is 8.91. The Labute approximate surface area is 216 Å². The van der Waals surface area contributed by atoms with Crippen LogP contribution < -0.4 is 5.32 Å². The molecule has 0 spiro atoms. The van der Waals surface area contributed by atoms with Crippen molar-refractivity contribution in [3.8, 4) is 0 Å². The predicted octanol–water partition coefficient (Wildman–Crippen LogP) is 3.10. The van der Waals surface area contributed by atoms with Gasteiger partial charge in [0, 0.05) is 25.6 Å². The average Bonchev–Trinajstić information content (AvgIpc) is 2.90. The van der Waals surface area contributed by atoms with Gasteiger partial charge in [0.25, 0.3) is 5.91 Å². The molecule has 3 aromatic rings. The quantitative estimate of drug-likeness (QED) is 0.266. The fourth-order valence-electron chi connectivity index (χ4n) is 4.18. The number of aliphatic hydroxyl groups is 1. The van der Waals surface area contributed by atoms with Crippen molar-refractivity contribution in [2.45, 2.75) is 50.5 Å². The van der Waals surface area contributed by atoms with Crippen LogP contribution in [0.1, 0.15) is 29.5 Å². The molecule has 0 aliphatic rings. The van der Waals surface area contributed by atoms with Crippen LogP contribution >= 0.6 is 0 Å². The van der Waals surface area contributed by atoms with Crippen molar-refractivity contribution in [2.24, 2.45) is 0 Å². The molecule has 0 saturated carbocycles. The largest absolute Gasteiger partial charge is 0.481 e. The van der Waals surface area contributed by atoms with Gasteiger partial charge in [-0.25, -0.2) is 4.79 Å². The van der Waals surface area contributed by atoms with Gasteiger partial charge in [-0.2, -0.15) is 0 Å². The van der Waals surface area contributed by atoms with E-state index >= 15 is 0 Å². The molecule has 8 heteroatoms. The van der Waals surface area contributed by atoms with E-state index in [1.807, 2.05) is 95.9 Å². The van der Waals surface area contributed by atoms with E-state index in [-0.39, 0.29) is 6.42 Å². The molecule has 0 aliphatic carbocycles. The molecule has 194 valence electrons. The van der Waals surface area contributed by atoms with Gasteiger partial charge in [-0.3, -0.25) is 14.5 Å². The second-order valence-corrected chi connectivity index (χ2v) is 8.91. The number of rotatable bonds is 14. The van der Waals surface area contributed by atoms with Crippen LogP contribution in [0, 0.1) is 0 Å². The summed E-state index contributed by atoms with van der Waals surface area (Å²) < 4.78 is 0. The maximum absolute atomic E-state index is 13.1. The Morgan fingerprint density at radius 2 is 1.19 bits per heavy atom. The molecule has 0 unspecified atom stereocenters. The van der Waals surface area contributed by atoms with Gasteiger partial charge < -0.3 is 20.6 Å². The number of nitrogens with zero attached hydrogens (tertiary/aromatic N) is 1. The van der Waals surface area contributed by atoms with Crippen molar-refractivity contribution in [2.75, 3.05) is 0 Å². The number of benzene rings is 3. The minimum Gasteiger partial charge on any atom is -0.481 e. The topological polar surface area (TPSA) is 127 Å². The zero-order valence-electron chi connectivity index (χ0n) is 20.4. The van der Waals surface area contributed by atoms with Crippen LogP contribution in [0.2, 0.25) is 0 Å². The smallest absolute Gasteiger partial charge is 0.326 e. The molecule has 0 bridgehead atoms. The van der Waals surface area contributed by atoms with Gasteiger partial charge in [-0.1, -0.05) is 91.0 Å². The Kier molecular flexibility index (Phi) is 10.4. The van der Waals surface area contributed by atoms with Crippen molar-refractivity contribution in [1.29, 1.82) is 0 Å². The van der Waals surface area contributed by atoms with E-state index < -0.39 is 42.5 Å². The Morgan fingerprint density at radius 1 is 0.730 bits per heavy atom. The molecule has 4 N–H and O–H groups in total. The summed E-state index contributed by atoms with van der Waals surface area (Å²) in [6.45, 7) is 0.887. The number of aliphatic carboxylic acids is 2. The first kappa shape index (κ1) is 27.6. The van der Waals surface area contributed by atoms with Gasteiger partial charge >= 0.3 is 11.9 Å². The molecule has 0 aromatic heterocycles. The zero-order chi connectivity index (χ0) is 26.6. The third-order valence-corrected chi connectivity index (χ3v) is 6.11. The molecule has 0 saturated heterocycles. The van der Waals surface area contributed by atoms with Gasteiger partial charge in [-0.05, 0) is 29.5 Å². The van der Waals surface area contributed by atoms with Crippen molar-refractivity contribution < 1.29 is 29.7 Å². The molecule has 8 nitrogen and oxygen atoms in total. The Balaban J connectivity index is 1.91. The summed E-state index contributed by atoms with van der Waals surface area (Å²) in [5.74, 6) is -3.38. The molecular formula is C29H32N2O6. The monoisotopic (exact) mass is 504 g/mol. The van der Waals surface area contributed by atoms with Gasteiger partial charge in [0.2, 0.25) is 0 Å². The first-order valence-corrected chi connectivity index (χ1v) is 12.1. The van der Waals surface area contributed by atoms with E-state index in [1.54, 1.807) is 0 Å². The highest BCUT2D eigenvalue weighted by atomic mass is 16.4. The SMILES string of the molecule is O=C(O)CC[C@H](NC(=O)[C@@H](O)[C@H](Cc1ccccc1)N(Cc1ccccc1)Cc1ccccc1)C(=O)O. The molecular weight excluding hydrogens is 472 g/mol. The first-order valence-electron chi connectivity index (χ1n) is 12.1. The minimum absolute atomic E-state index is 0.287. The summed E-state index contributed by atoms with van der Waals surface area (Å²) in [6.07, 6.45) is -1.94. The summed E-state index contributed by atoms with van der Waals surface area (Å²) >= 11 is 0. The third-order valence-electron chi connectivity index (χ3n) is 6.11. The highest BCUT2D eigenvalue weighted by Crippen LogP contribution is 2.20. The fourth-order valence-corrected chi connectivity index (χ4v) is 4.18. The number of aliphatic hydroxyl groups excluding tert-OH is 1. The van der Waals surface area contributed by atoms with E-state index in [0.717, 1.165) is 16.7 Å². The Hall–Kier alpha value is -4.01. The van der Waals surface area contributed by atoms with Crippen LogP contribution in [0.5, 0.6) is 0 Å². The number of hydrogen-bond donors (Lipinski definition) is 4. The average molecular weight is 505 g/mol. The maximum Gasteiger partial charge on any atom is 0.326 e. The van der Waals surface area contributed by atoms with E-state index in [2.05, 4.69) is 5.32 Å². The lowest BCUT2D eigenvalue weighted by molar-refractivity contribution is -0.145. The van der Waals surface area contributed by atoms with Crippen LogP contribution in [-0.2, 0) is 33.9 Å². The van der Waals surface area contributed by atoms with Crippen LogP contribution in [0.25, 0.3) is 0 Å². The predicted molar refractivity (Wildman–Crippen MR) is 139 cm³/mol. The van der Waals surface area contributed by atoms with Crippen LogP contribution in [0.4, 0.5) is 0 Å². The van der Waals surface area contributed by atoms with Gasteiger partial charge in [-0.15, -0.1) is 0 Å². The van der Waals surface area contributed by atoms with Crippen LogP contribution in [0.15, 0.2) is 91.0 Å². The van der Waals surface area contributed by atoms with E-state index in [4.69, 9.17) is 5.11 Å². The minimum atomic E-state index is -1.57. The molecule has 0 aliphatic heterocycles. The van der Waals surface area contributed by atoms with Gasteiger partial charge in [0.05, 0.1) is 0 Å². The van der Waals surface area contributed by atoms with Crippen molar-refractivity contribution in [1.82, 2.24) is 10.2 Å². The summed E-state index contributed by atoms with van der Waals surface area (Å²) in [7, 11) is 0. The van der Waals surface area contributed by atoms with Crippen molar-refractivity contribution >= 4 is 17.8 Å². The van der Waals surface area contributed by atoms with E-state index in [1.165, 1.54) is 0 Å². The summed E-state index contributed by atoms with van der Waals surface area (Å²) in [4.78, 5) is 37.7. The standard InChI is InChI=1S/C29H32N2O6/c32-26(33)17-16-24(29(36)37)30-28(35)27(34)25(18-21-10-4-1-5-11-21)31(19-22-12-6-2-7-13-22)20-23-14-8-3-9-15-23/h1-15,24-25,27,34H,16-20H2,(H,30,35)(H,32,33)(H,36,37)/t24-,25-,27-/m0/s1. The highest BCUT2D eigenvalue weighted by Gasteiger charge is 2.34. The molecule has 1 amide bonds. The van der Waals surface area contributed by atoms with E-state index in [0.29, 0.717) is 19.5 Å². The third kappa shape index (κ3) is 8.86. The Bertz CT molecular complexity index is 1100. The highest BCUT2D eigenvalue weighted by molar-refractivity contribution is 5.87. The van der Waals surface area contributed by atoms with Gasteiger partial charge in [0.15, 0.2) is 0 Å². The molecule has 0 fully saturated rings. The first-order chi connectivity index (χ1) is 17.8.